The summed E-state index contributed by atoms with van der Waals surface area (Å²) in [4.78, 5) is 18.0. The number of halogens is 2. The normalized spacial score (nSPS) is 11.3. The van der Waals surface area contributed by atoms with Crippen LogP contribution in [0.15, 0.2) is 28.8 Å². The van der Waals surface area contributed by atoms with E-state index < -0.39 is 12.3 Å². The first-order chi connectivity index (χ1) is 12.8. The zero-order valence-corrected chi connectivity index (χ0v) is 15.9. The molecule has 27 heavy (non-hydrogen) atoms. The van der Waals surface area contributed by atoms with E-state index in [9.17, 15) is 13.6 Å². The van der Waals surface area contributed by atoms with Crippen molar-refractivity contribution in [3.05, 3.63) is 30.2 Å². The van der Waals surface area contributed by atoms with E-state index in [2.05, 4.69) is 33.9 Å². The largest absolute Gasteiger partial charge is 0.362 e. The molecule has 0 aliphatic carbocycles. The van der Waals surface area contributed by atoms with Gasteiger partial charge < -0.3 is 9.42 Å². The lowest BCUT2D eigenvalue weighted by Crippen LogP contribution is -2.46. The number of hydrazine groups is 1. The van der Waals surface area contributed by atoms with Crippen molar-refractivity contribution in [2.24, 2.45) is 5.92 Å². The van der Waals surface area contributed by atoms with E-state index in [1.165, 1.54) is 5.01 Å². The Bertz CT molecular complexity index is 751. The minimum atomic E-state index is -2.81. The zero-order chi connectivity index (χ0) is 20.0. The maximum Gasteiger partial charge on any atom is 0.315 e. The van der Waals surface area contributed by atoms with Gasteiger partial charge in [-0.15, -0.1) is 0 Å². The Labute approximate surface area is 157 Å². The third-order valence-electron chi connectivity index (χ3n) is 3.92. The van der Waals surface area contributed by atoms with Crippen molar-refractivity contribution >= 4 is 11.6 Å². The third-order valence-corrected chi connectivity index (χ3v) is 3.92. The molecule has 9 heteroatoms. The highest BCUT2D eigenvalue weighted by atomic mass is 19.3. The average molecular weight is 381 g/mol. The van der Waals surface area contributed by atoms with Gasteiger partial charge in [0.15, 0.2) is 0 Å². The summed E-state index contributed by atoms with van der Waals surface area (Å²) >= 11 is 0. The lowest BCUT2D eigenvalue weighted by molar-refractivity contribution is -0.131. The third kappa shape index (κ3) is 5.72. The molecule has 2 rings (SSSR count). The van der Waals surface area contributed by atoms with Crippen molar-refractivity contribution in [2.75, 3.05) is 31.6 Å². The Balaban J connectivity index is 2.11. The molecule has 1 aromatic carbocycles. The standard InChI is InChI=1S/C18H25F2N5O2/c1-5-25(11-15(26)24(4)21-10-12(2)3)14-8-6-7-13(9-14)17-22-18(16(19)20)27-23-17/h6-9,12,16,21H,5,10-11H2,1-4H3. The van der Waals surface area contributed by atoms with Gasteiger partial charge in [-0.25, -0.2) is 5.43 Å². The van der Waals surface area contributed by atoms with Crippen molar-refractivity contribution in [1.29, 1.82) is 0 Å². The summed E-state index contributed by atoms with van der Waals surface area (Å²) in [5.41, 5.74) is 4.38. The van der Waals surface area contributed by atoms with Crippen LogP contribution in [0.2, 0.25) is 0 Å². The minimum absolute atomic E-state index is 0.0811. The lowest BCUT2D eigenvalue weighted by Gasteiger charge is -2.26. The predicted octanol–water partition coefficient (Wildman–Crippen LogP) is 3.12. The number of alkyl halides is 2. The number of rotatable bonds is 9. The van der Waals surface area contributed by atoms with Crippen molar-refractivity contribution in [2.45, 2.75) is 27.2 Å². The van der Waals surface area contributed by atoms with E-state index in [0.29, 0.717) is 24.6 Å². The fourth-order valence-corrected chi connectivity index (χ4v) is 2.35. The minimum Gasteiger partial charge on any atom is -0.362 e. The number of carbonyl (C=O) groups excluding carboxylic acids is 1. The van der Waals surface area contributed by atoms with E-state index in [1.54, 1.807) is 25.2 Å². The molecule has 0 aliphatic rings. The van der Waals surface area contributed by atoms with E-state index in [0.717, 1.165) is 5.69 Å². The van der Waals surface area contributed by atoms with Crippen molar-refractivity contribution < 1.29 is 18.1 Å². The van der Waals surface area contributed by atoms with Gasteiger partial charge in [0.25, 0.3) is 11.8 Å². The van der Waals surface area contributed by atoms with Crippen LogP contribution in [0.3, 0.4) is 0 Å². The van der Waals surface area contributed by atoms with Crippen LogP contribution >= 0.6 is 0 Å². The summed E-state index contributed by atoms with van der Waals surface area (Å²) in [7, 11) is 1.69. The van der Waals surface area contributed by atoms with E-state index in [1.807, 2.05) is 17.9 Å². The molecule has 1 aromatic heterocycles. The summed E-state index contributed by atoms with van der Waals surface area (Å²) in [6.07, 6.45) is -2.81. The van der Waals surface area contributed by atoms with Gasteiger partial charge >= 0.3 is 6.43 Å². The number of amides is 1. The van der Waals surface area contributed by atoms with Crippen molar-refractivity contribution in [1.82, 2.24) is 20.6 Å². The number of hydrogen-bond acceptors (Lipinski definition) is 6. The summed E-state index contributed by atoms with van der Waals surface area (Å²) in [6.45, 7) is 7.54. The van der Waals surface area contributed by atoms with Crippen LogP contribution in [-0.2, 0) is 4.79 Å². The Hall–Kier alpha value is -2.55. The van der Waals surface area contributed by atoms with Gasteiger partial charge in [-0.1, -0.05) is 31.1 Å². The van der Waals surface area contributed by atoms with Crippen LogP contribution in [0.5, 0.6) is 0 Å². The molecule has 1 amide bonds. The number of hydrogen-bond donors (Lipinski definition) is 1. The highest BCUT2D eigenvalue weighted by Gasteiger charge is 2.19. The van der Waals surface area contributed by atoms with Gasteiger partial charge in [-0.05, 0) is 25.0 Å². The first-order valence-electron chi connectivity index (χ1n) is 8.79. The number of likely N-dealkylation sites (N-methyl/N-ethyl adjacent to an activating group) is 2. The molecule has 0 saturated heterocycles. The second-order valence-corrected chi connectivity index (χ2v) is 6.53. The maximum absolute atomic E-state index is 12.6. The van der Waals surface area contributed by atoms with Crippen molar-refractivity contribution in [3.8, 4) is 11.4 Å². The summed E-state index contributed by atoms with van der Waals surface area (Å²) in [5.74, 6) is -0.282. The topological polar surface area (TPSA) is 74.5 Å². The van der Waals surface area contributed by atoms with Gasteiger partial charge in [0.2, 0.25) is 5.82 Å². The number of carbonyl (C=O) groups is 1. The van der Waals surface area contributed by atoms with Gasteiger partial charge in [0.05, 0.1) is 6.54 Å². The van der Waals surface area contributed by atoms with Gasteiger partial charge in [0.1, 0.15) is 0 Å². The summed E-state index contributed by atoms with van der Waals surface area (Å²) < 4.78 is 29.8. The molecular formula is C18H25F2N5O2. The Kier molecular flexibility index (Phi) is 7.23. The second kappa shape index (κ2) is 9.40. The van der Waals surface area contributed by atoms with Crippen LogP contribution < -0.4 is 10.3 Å². The smallest absolute Gasteiger partial charge is 0.315 e. The molecule has 0 spiro atoms. The molecule has 1 heterocycles. The zero-order valence-electron chi connectivity index (χ0n) is 15.9. The quantitative estimate of drug-likeness (QED) is 0.673. The lowest BCUT2D eigenvalue weighted by atomic mass is 10.1. The molecule has 0 unspecified atom stereocenters. The molecule has 0 atom stereocenters. The fourth-order valence-electron chi connectivity index (χ4n) is 2.35. The second-order valence-electron chi connectivity index (χ2n) is 6.53. The SMILES string of the molecule is CCN(CC(=O)N(C)NCC(C)C)c1cccc(-c2noc(C(F)F)n2)c1. The van der Waals surface area contributed by atoms with Crippen LogP contribution in [0.1, 0.15) is 33.1 Å². The first-order valence-corrected chi connectivity index (χ1v) is 8.79. The Morgan fingerprint density at radius 3 is 2.67 bits per heavy atom. The van der Waals surface area contributed by atoms with Crippen molar-refractivity contribution in [3.63, 3.8) is 0 Å². The fraction of sp³-hybridized carbons (Fsp3) is 0.500. The van der Waals surface area contributed by atoms with Crippen LogP contribution in [0.25, 0.3) is 11.4 Å². The number of anilines is 1. The molecule has 7 nitrogen and oxygen atoms in total. The maximum atomic E-state index is 12.6. The molecule has 148 valence electrons. The van der Waals surface area contributed by atoms with Gasteiger partial charge in [-0.3, -0.25) is 9.80 Å². The molecule has 0 saturated carbocycles. The number of benzene rings is 1. The van der Waals surface area contributed by atoms with Gasteiger partial charge in [0, 0.05) is 31.4 Å². The number of nitrogens with one attached hydrogen (secondary N) is 1. The van der Waals surface area contributed by atoms with Crippen LogP contribution in [0, 0.1) is 5.92 Å². The molecule has 2 aromatic rings. The summed E-state index contributed by atoms with van der Waals surface area (Å²) in [5, 5.41) is 5.08. The highest BCUT2D eigenvalue weighted by Crippen LogP contribution is 2.25. The molecule has 0 aliphatic heterocycles. The Morgan fingerprint density at radius 2 is 2.07 bits per heavy atom. The Morgan fingerprint density at radius 1 is 1.33 bits per heavy atom. The van der Waals surface area contributed by atoms with E-state index >= 15 is 0 Å². The monoisotopic (exact) mass is 381 g/mol. The molecule has 0 radical (unpaired) electrons. The predicted molar refractivity (Wildman–Crippen MR) is 98.2 cm³/mol. The molecule has 0 bridgehead atoms. The molecule has 0 fully saturated rings. The molecular weight excluding hydrogens is 356 g/mol. The first kappa shape index (κ1) is 20.8. The van der Waals surface area contributed by atoms with Crippen LogP contribution in [-0.4, -0.2) is 47.7 Å². The highest BCUT2D eigenvalue weighted by molar-refractivity contribution is 5.81. The van der Waals surface area contributed by atoms with E-state index in [-0.39, 0.29) is 18.3 Å². The van der Waals surface area contributed by atoms with E-state index in [4.69, 9.17) is 0 Å². The number of nitrogens with zero attached hydrogens (tertiary/aromatic N) is 4. The molecule has 1 N–H and O–H groups in total. The number of aromatic nitrogens is 2. The average Bonchev–Trinajstić information content (AvgIpc) is 3.14. The van der Waals surface area contributed by atoms with Gasteiger partial charge in [-0.2, -0.15) is 13.8 Å². The summed E-state index contributed by atoms with van der Waals surface area (Å²) in [6, 6.07) is 7.06. The van der Waals surface area contributed by atoms with Crippen LogP contribution in [0.4, 0.5) is 14.5 Å².